The van der Waals surface area contributed by atoms with Crippen LogP contribution in [0.3, 0.4) is 0 Å². The Labute approximate surface area is 61.0 Å². The van der Waals surface area contributed by atoms with E-state index in [1.54, 1.807) is 0 Å². The van der Waals surface area contributed by atoms with Crippen LogP contribution in [0.15, 0.2) is 16.6 Å². The molecule has 0 fully saturated rings. The van der Waals surface area contributed by atoms with Crippen LogP contribution < -0.4 is 5.32 Å². The quantitative estimate of drug-likeness (QED) is 0.529. The van der Waals surface area contributed by atoms with E-state index in [9.17, 15) is 0 Å². The summed E-state index contributed by atoms with van der Waals surface area (Å²) in [6.45, 7) is 0.808. The Morgan fingerprint density at radius 3 is 3.50 bits per heavy atom. The van der Waals surface area contributed by atoms with Crippen molar-refractivity contribution in [2.24, 2.45) is 4.99 Å². The predicted octanol–water partition coefficient (Wildman–Crippen LogP) is 1.10. The van der Waals surface area contributed by atoms with Gasteiger partial charge in [-0.15, -0.1) is 0 Å². The lowest BCUT2D eigenvalue weighted by Gasteiger charge is -2.25. The van der Waals surface area contributed by atoms with Gasteiger partial charge in [0.15, 0.2) is 0 Å². The number of hydrogen-bond donors (Lipinski definition) is 1. The topological polar surface area (TPSA) is 24.4 Å². The molecule has 1 unspecified atom stereocenters. The summed E-state index contributed by atoms with van der Waals surface area (Å²) in [6.07, 6.45) is 8.16. The lowest BCUT2D eigenvalue weighted by atomic mass is 9.94. The van der Waals surface area contributed by atoms with E-state index in [4.69, 9.17) is 0 Å². The highest BCUT2D eigenvalue weighted by atomic mass is 15.0. The fourth-order valence-corrected chi connectivity index (χ4v) is 1.58. The Morgan fingerprint density at radius 1 is 1.60 bits per heavy atom. The van der Waals surface area contributed by atoms with Crippen molar-refractivity contribution in [1.82, 2.24) is 5.32 Å². The minimum Gasteiger partial charge on any atom is -0.291 e. The molecule has 0 aromatic rings. The molecule has 1 atom stereocenters. The predicted molar refractivity (Wildman–Crippen MR) is 42.2 cm³/mol. The Hall–Kier alpha value is -0.630. The van der Waals surface area contributed by atoms with Gasteiger partial charge in [-0.3, -0.25) is 10.3 Å². The van der Waals surface area contributed by atoms with Gasteiger partial charge in [-0.05, 0) is 24.8 Å². The minimum atomic E-state index is 0.617. The van der Waals surface area contributed by atoms with E-state index in [2.05, 4.69) is 16.4 Å². The molecule has 2 rings (SSSR count). The number of nitrogens with one attached hydrogen (secondary N) is 1. The highest BCUT2D eigenvalue weighted by molar-refractivity contribution is 5.81. The van der Waals surface area contributed by atoms with Gasteiger partial charge in [-0.2, -0.15) is 0 Å². The molecule has 2 aliphatic rings. The van der Waals surface area contributed by atoms with E-state index in [0.717, 1.165) is 6.67 Å². The summed E-state index contributed by atoms with van der Waals surface area (Å²) in [5.41, 5.74) is 1.40. The normalized spacial score (nSPS) is 31.2. The first-order chi connectivity index (χ1) is 4.97. The third-order valence-electron chi connectivity index (χ3n) is 2.15. The molecular formula is C8H12N2. The molecule has 10 heavy (non-hydrogen) atoms. The number of allylic oxidation sites excluding steroid dienone is 1. The van der Waals surface area contributed by atoms with Crippen LogP contribution in [0, 0.1) is 0 Å². The third kappa shape index (κ3) is 0.991. The number of aliphatic imine (C=N–C) groups is 1. The maximum Gasteiger partial charge on any atom is 0.0889 e. The van der Waals surface area contributed by atoms with Crippen LogP contribution in [0.1, 0.15) is 19.3 Å². The third-order valence-corrected chi connectivity index (χ3v) is 2.15. The van der Waals surface area contributed by atoms with E-state index < -0.39 is 0 Å². The van der Waals surface area contributed by atoms with Gasteiger partial charge < -0.3 is 0 Å². The number of hydrogen-bond acceptors (Lipinski definition) is 2. The number of fused-ring (bicyclic) bond motifs is 1. The highest BCUT2D eigenvalue weighted by Crippen LogP contribution is 2.18. The largest absolute Gasteiger partial charge is 0.291 e. The average Bonchev–Trinajstić information content (AvgIpc) is 2.05. The van der Waals surface area contributed by atoms with Crippen molar-refractivity contribution in [2.45, 2.75) is 25.3 Å². The summed E-state index contributed by atoms with van der Waals surface area (Å²) >= 11 is 0. The zero-order chi connectivity index (χ0) is 6.81. The zero-order valence-corrected chi connectivity index (χ0v) is 6.01. The molecular weight excluding hydrogens is 124 g/mol. The molecule has 0 radical (unpaired) electrons. The Balaban J connectivity index is 2.21. The zero-order valence-electron chi connectivity index (χ0n) is 6.01. The maximum atomic E-state index is 4.16. The molecule has 0 bridgehead atoms. The summed E-state index contributed by atoms with van der Waals surface area (Å²) in [7, 11) is 0. The Morgan fingerprint density at radius 2 is 2.60 bits per heavy atom. The average molecular weight is 136 g/mol. The fraction of sp³-hybridized carbons (Fsp3) is 0.625. The molecule has 0 spiro atoms. The first-order valence-corrected chi connectivity index (χ1v) is 3.90. The van der Waals surface area contributed by atoms with Gasteiger partial charge in [0, 0.05) is 12.3 Å². The SMILES string of the molecule is C1=NCNC2CCCC=C12. The summed E-state index contributed by atoms with van der Waals surface area (Å²) in [5.74, 6) is 0. The second kappa shape index (κ2) is 2.54. The van der Waals surface area contributed by atoms with Crippen LogP contribution in [-0.4, -0.2) is 18.9 Å². The second-order valence-corrected chi connectivity index (χ2v) is 2.86. The van der Waals surface area contributed by atoms with Crippen molar-refractivity contribution in [1.29, 1.82) is 0 Å². The van der Waals surface area contributed by atoms with Crippen LogP contribution in [0.5, 0.6) is 0 Å². The van der Waals surface area contributed by atoms with Crippen LogP contribution in [0.2, 0.25) is 0 Å². The molecule has 1 heterocycles. The van der Waals surface area contributed by atoms with Gasteiger partial charge >= 0.3 is 0 Å². The van der Waals surface area contributed by atoms with Crippen molar-refractivity contribution in [3.63, 3.8) is 0 Å². The monoisotopic (exact) mass is 136 g/mol. The first kappa shape index (κ1) is 6.10. The van der Waals surface area contributed by atoms with E-state index in [0.29, 0.717) is 6.04 Å². The molecule has 0 saturated heterocycles. The van der Waals surface area contributed by atoms with Gasteiger partial charge in [-0.1, -0.05) is 6.08 Å². The molecule has 0 amide bonds. The Bertz CT molecular complexity index is 182. The highest BCUT2D eigenvalue weighted by Gasteiger charge is 2.16. The lowest BCUT2D eigenvalue weighted by molar-refractivity contribution is 0.511. The molecule has 2 heteroatoms. The molecule has 1 aliphatic heterocycles. The molecule has 0 aromatic carbocycles. The van der Waals surface area contributed by atoms with Crippen LogP contribution in [0.4, 0.5) is 0 Å². The fourth-order valence-electron chi connectivity index (χ4n) is 1.58. The van der Waals surface area contributed by atoms with Crippen molar-refractivity contribution in [3.8, 4) is 0 Å². The summed E-state index contributed by atoms with van der Waals surface area (Å²) in [5, 5.41) is 3.35. The van der Waals surface area contributed by atoms with E-state index >= 15 is 0 Å². The molecule has 0 saturated carbocycles. The smallest absolute Gasteiger partial charge is 0.0889 e. The summed E-state index contributed by atoms with van der Waals surface area (Å²) < 4.78 is 0. The minimum absolute atomic E-state index is 0.617. The van der Waals surface area contributed by atoms with E-state index in [1.165, 1.54) is 24.8 Å². The van der Waals surface area contributed by atoms with Crippen molar-refractivity contribution >= 4 is 6.21 Å². The number of rotatable bonds is 0. The molecule has 0 aromatic heterocycles. The molecule has 1 aliphatic carbocycles. The molecule has 54 valence electrons. The lowest BCUT2D eigenvalue weighted by Crippen LogP contribution is -2.36. The maximum absolute atomic E-state index is 4.16. The van der Waals surface area contributed by atoms with Crippen molar-refractivity contribution < 1.29 is 0 Å². The second-order valence-electron chi connectivity index (χ2n) is 2.86. The summed E-state index contributed by atoms with van der Waals surface area (Å²) in [6, 6.07) is 0.617. The van der Waals surface area contributed by atoms with Crippen molar-refractivity contribution in [2.75, 3.05) is 6.67 Å². The van der Waals surface area contributed by atoms with E-state index in [1.807, 2.05) is 6.21 Å². The van der Waals surface area contributed by atoms with Crippen LogP contribution in [-0.2, 0) is 0 Å². The van der Waals surface area contributed by atoms with Crippen molar-refractivity contribution in [3.05, 3.63) is 11.6 Å². The molecule has 2 nitrogen and oxygen atoms in total. The number of nitrogens with zero attached hydrogens (tertiary/aromatic N) is 1. The standard InChI is InChI=1S/C8H12N2/c1-2-4-8-7(3-1)5-9-6-10-8/h3,5,8,10H,1-2,4,6H2. The van der Waals surface area contributed by atoms with Gasteiger partial charge in [0.25, 0.3) is 0 Å². The van der Waals surface area contributed by atoms with Crippen LogP contribution in [0.25, 0.3) is 0 Å². The summed E-state index contributed by atoms with van der Waals surface area (Å²) in [4.78, 5) is 4.16. The van der Waals surface area contributed by atoms with Gasteiger partial charge in [0.05, 0.1) is 6.67 Å². The van der Waals surface area contributed by atoms with Gasteiger partial charge in [0.2, 0.25) is 0 Å². The van der Waals surface area contributed by atoms with Gasteiger partial charge in [0.1, 0.15) is 0 Å². The Kier molecular flexibility index (Phi) is 1.55. The van der Waals surface area contributed by atoms with Crippen LogP contribution >= 0.6 is 0 Å². The first-order valence-electron chi connectivity index (χ1n) is 3.90. The van der Waals surface area contributed by atoms with E-state index in [-0.39, 0.29) is 0 Å². The molecule has 1 N–H and O–H groups in total. The van der Waals surface area contributed by atoms with Gasteiger partial charge in [-0.25, -0.2) is 0 Å².